The van der Waals surface area contributed by atoms with Crippen molar-refractivity contribution in [3.05, 3.63) is 24.0 Å². The Morgan fingerprint density at radius 3 is 2.83 bits per heavy atom. The normalized spacial score (nSPS) is 23.1. The van der Waals surface area contributed by atoms with Gasteiger partial charge in [-0.15, -0.1) is 0 Å². The lowest BCUT2D eigenvalue weighted by molar-refractivity contribution is -0.121. The molecule has 1 aliphatic carbocycles. The Hall–Kier alpha value is -1.62. The molecule has 1 aromatic rings. The Labute approximate surface area is 136 Å². The summed E-state index contributed by atoms with van der Waals surface area (Å²) in [4.78, 5) is 14.7. The van der Waals surface area contributed by atoms with Gasteiger partial charge in [-0.3, -0.25) is 4.79 Å². The van der Waals surface area contributed by atoms with E-state index >= 15 is 0 Å². The van der Waals surface area contributed by atoms with Crippen LogP contribution in [0.2, 0.25) is 0 Å². The molecule has 1 aromatic carbocycles. The van der Waals surface area contributed by atoms with E-state index in [9.17, 15) is 9.18 Å². The highest BCUT2D eigenvalue weighted by Crippen LogP contribution is 2.41. The number of anilines is 1. The highest BCUT2D eigenvalue weighted by molar-refractivity contribution is 5.95. The largest absolute Gasteiger partial charge is 0.487 e. The average molecular weight is 320 g/mol. The van der Waals surface area contributed by atoms with E-state index in [1.165, 1.54) is 18.6 Å². The van der Waals surface area contributed by atoms with Gasteiger partial charge in [0.1, 0.15) is 17.7 Å². The Bertz CT molecular complexity index is 584. The Balaban J connectivity index is 1.82. The maximum atomic E-state index is 13.4. The van der Waals surface area contributed by atoms with Gasteiger partial charge in [0, 0.05) is 12.5 Å². The number of rotatable bonds is 3. The van der Waals surface area contributed by atoms with Gasteiger partial charge in [-0.25, -0.2) is 4.39 Å². The molecule has 2 aliphatic rings. The van der Waals surface area contributed by atoms with Crippen LogP contribution in [0.4, 0.5) is 10.1 Å². The first-order chi connectivity index (χ1) is 11.0. The fourth-order valence-electron chi connectivity index (χ4n) is 3.82. The number of nitrogens with two attached hydrogens (primary N) is 1. The Kier molecular flexibility index (Phi) is 4.57. The molecule has 1 heterocycles. The fraction of sp³-hybridized carbons (Fsp3) is 0.611. The van der Waals surface area contributed by atoms with Crippen molar-refractivity contribution in [2.45, 2.75) is 51.6 Å². The van der Waals surface area contributed by atoms with Gasteiger partial charge in [0.25, 0.3) is 0 Å². The van der Waals surface area contributed by atoms with Gasteiger partial charge in [-0.2, -0.15) is 0 Å². The first kappa shape index (κ1) is 16.2. The van der Waals surface area contributed by atoms with Crippen molar-refractivity contribution in [2.75, 3.05) is 18.0 Å². The third kappa shape index (κ3) is 3.34. The summed E-state index contributed by atoms with van der Waals surface area (Å²) in [5.41, 5.74) is 6.60. The third-order valence-electron chi connectivity index (χ3n) is 5.15. The molecule has 1 atom stereocenters. The smallest absolute Gasteiger partial charge is 0.227 e. The lowest BCUT2D eigenvalue weighted by atomic mass is 9.71. The molecule has 0 bridgehead atoms. The number of ether oxygens (including phenoxy) is 1. The first-order valence-corrected chi connectivity index (χ1v) is 8.50. The summed E-state index contributed by atoms with van der Waals surface area (Å²) < 4.78 is 19.1. The zero-order chi connectivity index (χ0) is 16.4. The first-order valence-electron chi connectivity index (χ1n) is 8.50. The standard InChI is InChI=1S/C18H25FN2O2/c1-13-11-21(15-6-5-14(19)9-16(15)23-13)17(22)10-18(12-20)7-3-2-4-8-18/h5-6,9,13H,2-4,7-8,10-12,20H2,1H3. The maximum absolute atomic E-state index is 13.4. The second-order valence-electron chi connectivity index (χ2n) is 6.99. The van der Waals surface area contributed by atoms with Crippen molar-refractivity contribution < 1.29 is 13.9 Å². The molecule has 1 aliphatic heterocycles. The zero-order valence-electron chi connectivity index (χ0n) is 13.7. The van der Waals surface area contributed by atoms with Crippen molar-refractivity contribution in [2.24, 2.45) is 11.1 Å². The minimum atomic E-state index is -0.351. The molecular weight excluding hydrogens is 295 g/mol. The number of carbonyl (C=O) groups is 1. The molecule has 1 unspecified atom stereocenters. The summed E-state index contributed by atoms with van der Waals surface area (Å²) in [6, 6.07) is 4.35. The molecule has 3 rings (SSSR count). The van der Waals surface area contributed by atoms with Crippen LogP contribution in [0.25, 0.3) is 0 Å². The van der Waals surface area contributed by atoms with Crippen LogP contribution in [-0.4, -0.2) is 25.1 Å². The van der Waals surface area contributed by atoms with Gasteiger partial charge in [-0.05, 0) is 43.9 Å². The van der Waals surface area contributed by atoms with E-state index in [1.54, 1.807) is 11.0 Å². The topological polar surface area (TPSA) is 55.6 Å². The van der Waals surface area contributed by atoms with Crippen molar-refractivity contribution in [1.29, 1.82) is 0 Å². The zero-order valence-corrected chi connectivity index (χ0v) is 13.7. The van der Waals surface area contributed by atoms with E-state index in [4.69, 9.17) is 10.5 Å². The van der Waals surface area contributed by atoms with Crippen molar-refractivity contribution >= 4 is 11.6 Å². The summed E-state index contributed by atoms with van der Waals surface area (Å²) >= 11 is 0. The highest BCUT2D eigenvalue weighted by Gasteiger charge is 2.36. The molecule has 2 N–H and O–H groups in total. The van der Waals surface area contributed by atoms with Crippen molar-refractivity contribution in [3.8, 4) is 5.75 Å². The van der Waals surface area contributed by atoms with Crippen LogP contribution in [-0.2, 0) is 4.79 Å². The highest BCUT2D eigenvalue weighted by atomic mass is 19.1. The van der Waals surface area contributed by atoms with Gasteiger partial charge >= 0.3 is 0 Å². The molecule has 4 nitrogen and oxygen atoms in total. The molecule has 23 heavy (non-hydrogen) atoms. The number of nitrogens with zero attached hydrogens (tertiary/aromatic N) is 1. The second kappa shape index (κ2) is 6.48. The molecule has 1 saturated carbocycles. The van der Waals surface area contributed by atoms with E-state index in [-0.39, 0.29) is 23.2 Å². The quantitative estimate of drug-likeness (QED) is 0.930. The van der Waals surface area contributed by atoms with Gasteiger partial charge in [0.05, 0.1) is 12.2 Å². The SMILES string of the molecule is CC1CN(C(=O)CC2(CN)CCCCC2)c2ccc(F)cc2O1. The van der Waals surface area contributed by atoms with E-state index in [0.29, 0.717) is 30.9 Å². The van der Waals surface area contributed by atoms with Gasteiger partial charge in [-0.1, -0.05) is 19.3 Å². The number of hydrogen-bond acceptors (Lipinski definition) is 3. The van der Waals surface area contributed by atoms with E-state index in [1.807, 2.05) is 6.92 Å². The molecule has 0 radical (unpaired) electrons. The average Bonchev–Trinajstić information content (AvgIpc) is 2.54. The molecular formula is C18H25FN2O2. The molecule has 126 valence electrons. The van der Waals surface area contributed by atoms with Crippen LogP contribution < -0.4 is 15.4 Å². The fourth-order valence-corrected chi connectivity index (χ4v) is 3.82. The monoisotopic (exact) mass is 320 g/mol. The summed E-state index contributed by atoms with van der Waals surface area (Å²) in [5.74, 6) is 0.166. The molecule has 1 fully saturated rings. The van der Waals surface area contributed by atoms with Crippen molar-refractivity contribution in [3.63, 3.8) is 0 Å². The minimum Gasteiger partial charge on any atom is -0.487 e. The maximum Gasteiger partial charge on any atom is 0.227 e. The predicted octanol–water partition coefficient (Wildman–Crippen LogP) is 3.24. The second-order valence-corrected chi connectivity index (χ2v) is 6.99. The van der Waals surface area contributed by atoms with Crippen LogP contribution in [0.3, 0.4) is 0 Å². The van der Waals surface area contributed by atoms with Crippen molar-refractivity contribution in [1.82, 2.24) is 0 Å². The molecule has 0 saturated heterocycles. The summed E-state index contributed by atoms with van der Waals surface area (Å²) in [6.07, 6.45) is 5.88. The summed E-state index contributed by atoms with van der Waals surface area (Å²) in [5, 5.41) is 0. The van der Waals surface area contributed by atoms with Crippen LogP contribution in [0.15, 0.2) is 18.2 Å². The summed E-state index contributed by atoms with van der Waals surface area (Å²) in [6.45, 7) is 2.94. The molecule has 5 heteroatoms. The number of fused-ring (bicyclic) bond motifs is 1. The Morgan fingerprint density at radius 2 is 2.13 bits per heavy atom. The van der Waals surface area contributed by atoms with Gasteiger partial charge < -0.3 is 15.4 Å². The van der Waals surface area contributed by atoms with E-state index < -0.39 is 0 Å². The van der Waals surface area contributed by atoms with Crippen LogP contribution in [0.5, 0.6) is 5.75 Å². The molecule has 0 spiro atoms. The number of hydrogen-bond donors (Lipinski definition) is 1. The van der Waals surface area contributed by atoms with Gasteiger partial charge in [0.15, 0.2) is 0 Å². The number of amides is 1. The molecule has 1 amide bonds. The van der Waals surface area contributed by atoms with Crippen LogP contribution >= 0.6 is 0 Å². The van der Waals surface area contributed by atoms with E-state index in [2.05, 4.69) is 0 Å². The third-order valence-corrected chi connectivity index (χ3v) is 5.15. The predicted molar refractivity (Wildman–Crippen MR) is 88.0 cm³/mol. The number of halogens is 1. The van der Waals surface area contributed by atoms with Crippen LogP contribution in [0, 0.1) is 11.2 Å². The van der Waals surface area contributed by atoms with Gasteiger partial charge in [0.2, 0.25) is 5.91 Å². The van der Waals surface area contributed by atoms with E-state index in [0.717, 1.165) is 25.7 Å². The number of carbonyl (C=O) groups excluding carboxylic acids is 1. The lowest BCUT2D eigenvalue weighted by Gasteiger charge is -2.39. The minimum absolute atomic E-state index is 0.0698. The molecule has 0 aromatic heterocycles. The Morgan fingerprint density at radius 1 is 1.39 bits per heavy atom. The lowest BCUT2D eigenvalue weighted by Crippen LogP contribution is -2.46. The van der Waals surface area contributed by atoms with Crippen LogP contribution in [0.1, 0.15) is 45.4 Å². The summed E-state index contributed by atoms with van der Waals surface area (Å²) in [7, 11) is 0. The number of benzene rings is 1.